The third-order valence-corrected chi connectivity index (χ3v) is 4.50. The molecule has 1 saturated carbocycles. The van der Waals surface area contributed by atoms with Crippen LogP contribution < -0.4 is 11.0 Å². The molecule has 1 aliphatic rings. The molecule has 1 aromatic carbocycles. The molecule has 0 spiro atoms. The highest BCUT2D eigenvalue weighted by Gasteiger charge is 2.26. The van der Waals surface area contributed by atoms with Crippen molar-refractivity contribution in [3.63, 3.8) is 0 Å². The van der Waals surface area contributed by atoms with Crippen LogP contribution in [0.4, 0.5) is 5.69 Å². The molecule has 0 radical (unpaired) electrons. The lowest BCUT2D eigenvalue weighted by atomic mass is 9.75. The van der Waals surface area contributed by atoms with Crippen LogP contribution in [0.2, 0.25) is 0 Å². The maximum atomic E-state index is 11.6. The summed E-state index contributed by atoms with van der Waals surface area (Å²) in [5, 5.41) is 3.61. The van der Waals surface area contributed by atoms with Crippen molar-refractivity contribution in [2.45, 2.75) is 45.6 Å². The summed E-state index contributed by atoms with van der Waals surface area (Å²) in [5.74, 6) is 0. The van der Waals surface area contributed by atoms with Gasteiger partial charge in [-0.3, -0.25) is 4.57 Å². The zero-order valence-corrected chi connectivity index (χ0v) is 12.7. The van der Waals surface area contributed by atoms with E-state index >= 15 is 0 Å². The second-order valence-corrected chi connectivity index (χ2v) is 6.76. The van der Waals surface area contributed by atoms with Crippen molar-refractivity contribution in [1.82, 2.24) is 9.55 Å². The number of nitrogens with one attached hydrogen (secondary N) is 2. The quantitative estimate of drug-likeness (QED) is 0.906. The van der Waals surface area contributed by atoms with Crippen LogP contribution in [-0.4, -0.2) is 15.6 Å². The van der Waals surface area contributed by atoms with Crippen LogP contribution in [0.5, 0.6) is 0 Å². The van der Waals surface area contributed by atoms with Crippen molar-refractivity contribution in [2.75, 3.05) is 5.32 Å². The minimum atomic E-state index is -0.106. The first-order valence-electron chi connectivity index (χ1n) is 7.67. The SMILES string of the molecule is CC1(C)CCC(Nc2ccc(-n3cc[nH]c3=O)cc2)CC1. The van der Waals surface area contributed by atoms with Crippen LogP contribution in [0, 0.1) is 5.41 Å². The number of anilines is 1. The molecule has 1 heterocycles. The second kappa shape index (κ2) is 5.43. The normalized spacial score (nSPS) is 18.6. The first kappa shape index (κ1) is 14.0. The first-order valence-corrected chi connectivity index (χ1v) is 7.67. The maximum Gasteiger partial charge on any atom is 0.330 e. The Morgan fingerprint density at radius 3 is 2.43 bits per heavy atom. The van der Waals surface area contributed by atoms with E-state index in [1.807, 2.05) is 12.1 Å². The Labute approximate surface area is 125 Å². The van der Waals surface area contributed by atoms with E-state index < -0.39 is 0 Å². The van der Waals surface area contributed by atoms with Gasteiger partial charge in [0, 0.05) is 24.1 Å². The number of aromatic nitrogens is 2. The zero-order valence-electron chi connectivity index (χ0n) is 12.7. The molecule has 2 aromatic rings. The average Bonchev–Trinajstić information content (AvgIpc) is 2.88. The molecule has 0 unspecified atom stereocenters. The van der Waals surface area contributed by atoms with Gasteiger partial charge < -0.3 is 10.3 Å². The number of hydrogen-bond acceptors (Lipinski definition) is 2. The van der Waals surface area contributed by atoms with E-state index in [1.165, 1.54) is 25.7 Å². The van der Waals surface area contributed by atoms with Gasteiger partial charge in [-0.2, -0.15) is 0 Å². The predicted molar refractivity (Wildman–Crippen MR) is 86.0 cm³/mol. The largest absolute Gasteiger partial charge is 0.382 e. The zero-order chi connectivity index (χ0) is 14.9. The van der Waals surface area contributed by atoms with Gasteiger partial charge >= 0.3 is 5.69 Å². The molecule has 1 aliphatic carbocycles. The summed E-state index contributed by atoms with van der Waals surface area (Å²) in [6, 6.07) is 8.62. The van der Waals surface area contributed by atoms with E-state index in [2.05, 4.69) is 36.3 Å². The highest BCUT2D eigenvalue weighted by atomic mass is 16.1. The first-order chi connectivity index (χ1) is 10.0. The summed E-state index contributed by atoms with van der Waals surface area (Å²) in [5.41, 5.74) is 2.41. The molecule has 0 amide bonds. The number of imidazole rings is 1. The Bertz CT molecular complexity index is 641. The topological polar surface area (TPSA) is 49.8 Å². The van der Waals surface area contributed by atoms with E-state index in [0.717, 1.165) is 11.4 Å². The van der Waals surface area contributed by atoms with Gasteiger partial charge in [-0.05, 0) is 55.4 Å². The van der Waals surface area contributed by atoms with Crippen molar-refractivity contribution in [3.05, 3.63) is 47.1 Å². The van der Waals surface area contributed by atoms with Crippen LogP contribution in [-0.2, 0) is 0 Å². The van der Waals surface area contributed by atoms with Crippen LogP contribution in [0.1, 0.15) is 39.5 Å². The third-order valence-electron chi connectivity index (χ3n) is 4.50. The summed E-state index contributed by atoms with van der Waals surface area (Å²) < 4.78 is 1.60. The number of rotatable bonds is 3. The highest BCUT2D eigenvalue weighted by molar-refractivity contribution is 5.49. The molecule has 21 heavy (non-hydrogen) atoms. The predicted octanol–water partition coefficient (Wildman–Crippen LogP) is 3.55. The molecule has 0 aliphatic heterocycles. The van der Waals surface area contributed by atoms with Crippen molar-refractivity contribution in [2.24, 2.45) is 5.41 Å². The lowest BCUT2D eigenvalue weighted by molar-refractivity contribution is 0.232. The Hall–Kier alpha value is -1.97. The number of aromatic amines is 1. The fraction of sp³-hybridized carbons (Fsp3) is 0.471. The van der Waals surface area contributed by atoms with Gasteiger partial charge in [0.15, 0.2) is 0 Å². The summed E-state index contributed by atoms with van der Waals surface area (Å²) in [7, 11) is 0. The van der Waals surface area contributed by atoms with Crippen molar-refractivity contribution in [1.29, 1.82) is 0 Å². The molecule has 0 bridgehead atoms. The molecular formula is C17H23N3O. The Morgan fingerprint density at radius 1 is 1.19 bits per heavy atom. The van der Waals surface area contributed by atoms with Crippen molar-refractivity contribution < 1.29 is 0 Å². The highest BCUT2D eigenvalue weighted by Crippen LogP contribution is 2.36. The summed E-state index contributed by atoms with van der Waals surface area (Å²) >= 11 is 0. The summed E-state index contributed by atoms with van der Waals surface area (Å²) in [6.45, 7) is 4.71. The lowest BCUT2D eigenvalue weighted by Gasteiger charge is -2.35. The fourth-order valence-corrected chi connectivity index (χ4v) is 3.02. The third kappa shape index (κ3) is 3.20. The van der Waals surface area contributed by atoms with Crippen molar-refractivity contribution >= 4 is 5.69 Å². The van der Waals surface area contributed by atoms with Gasteiger partial charge in [-0.25, -0.2) is 4.79 Å². The summed E-state index contributed by atoms with van der Waals surface area (Å²) in [6.07, 6.45) is 8.41. The van der Waals surface area contributed by atoms with Gasteiger partial charge in [-0.15, -0.1) is 0 Å². The van der Waals surface area contributed by atoms with Gasteiger partial charge in [0.2, 0.25) is 0 Å². The molecule has 2 N–H and O–H groups in total. The van der Waals surface area contributed by atoms with Crippen LogP contribution >= 0.6 is 0 Å². The van der Waals surface area contributed by atoms with E-state index in [1.54, 1.807) is 17.0 Å². The monoisotopic (exact) mass is 285 g/mol. The Morgan fingerprint density at radius 2 is 1.86 bits per heavy atom. The summed E-state index contributed by atoms with van der Waals surface area (Å²) in [4.78, 5) is 14.2. The number of benzene rings is 1. The second-order valence-electron chi connectivity index (χ2n) is 6.76. The number of H-pyrrole nitrogens is 1. The molecule has 112 valence electrons. The minimum Gasteiger partial charge on any atom is -0.382 e. The number of hydrogen-bond donors (Lipinski definition) is 2. The van der Waals surface area contributed by atoms with E-state index in [-0.39, 0.29) is 5.69 Å². The standard InChI is InChI=1S/C17H23N3O/c1-17(2)9-7-14(8-10-17)19-13-3-5-15(6-4-13)20-12-11-18-16(20)21/h3-6,11-12,14,19H,7-10H2,1-2H3,(H,18,21). The van der Waals surface area contributed by atoms with Gasteiger partial charge in [0.1, 0.15) is 0 Å². The number of nitrogens with zero attached hydrogens (tertiary/aromatic N) is 1. The lowest BCUT2D eigenvalue weighted by Crippen LogP contribution is -2.29. The molecule has 1 aromatic heterocycles. The molecule has 1 fully saturated rings. The van der Waals surface area contributed by atoms with Crippen molar-refractivity contribution in [3.8, 4) is 5.69 Å². The Balaban J connectivity index is 1.66. The fourth-order valence-electron chi connectivity index (χ4n) is 3.02. The molecule has 0 saturated heterocycles. The van der Waals surface area contributed by atoms with Crippen LogP contribution in [0.15, 0.2) is 41.5 Å². The van der Waals surface area contributed by atoms with E-state index in [9.17, 15) is 4.79 Å². The van der Waals surface area contributed by atoms with E-state index in [4.69, 9.17) is 0 Å². The van der Waals surface area contributed by atoms with Gasteiger partial charge in [0.25, 0.3) is 0 Å². The minimum absolute atomic E-state index is 0.106. The molecular weight excluding hydrogens is 262 g/mol. The Kier molecular flexibility index (Phi) is 3.62. The maximum absolute atomic E-state index is 11.6. The molecule has 4 nitrogen and oxygen atoms in total. The molecule has 4 heteroatoms. The van der Waals surface area contributed by atoms with Gasteiger partial charge in [-0.1, -0.05) is 13.8 Å². The average molecular weight is 285 g/mol. The molecule has 3 rings (SSSR count). The van der Waals surface area contributed by atoms with Crippen LogP contribution in [0.25, 0.3) is 5.69 Å². The molecule has 0 atom stereocenters. The van der Waals surface area contributed by atoms with Crippen LogP contribution in [0.3, 0.4) is 0 Å². The van der Waals surface area contributed by atoms with E-state index in [0.29, 0.717) is 11.5 Å². The van der Waals surface area contributed by atoms with Gasteiger partial charge in [0.05, 0.1) is 5.69 Å². The smallest absolute Gasteiger partial charge is 0.330 e.